The molecule has 1 aromatic rings. The summed E-state index contributed by atoms with van der Waals surface area (Å²) >= 11 is 0. The van der Waals surface area contributed by atoms with Gasteiger partial charge in [0.2, 0.25) is 5.91 Å². The predicted molar refractivity (Wildman–Crippen MR) is 80.1 cm³/mol. The van der Waals surface area contributed by atoms with Crippen molar-refractivity contribution in [3.63, 3.8) is 0 Å². The number of rotatable bonds is 5. The monoisotopic (exact) mass is 302 g/mol. The van der Waals surface area contributed by atoms with Gasteiger partial charge in [0, 0.05) is 18.0 Å². The summed E-state index contributed by atoms with van der Waals surface area (Å²) in [6, 6.07) is 5.23. The van der Waals surface area contributed by atoms with E-state index in [1.165, 1.54) is 4.90 Å². The lowest BCUT2D eigenvalue weighted by molar-refractivity contribution is -0.125. The normalized spacial score (nSPS) is 16.8. The Hall–Kier alpha value is -2.37. The molecule has 2 amide bonds. The molecule has 0 spiro atoms. The van der Waals surface area contributed by atoms with E-state index in [1.54, 1.807) is 25.1 Å². The fourth-order valence-electron chi connectivity index (χ4n) is 2.40. The van der Waals surface area contributed by atoms with Crippen molar-refractivity contribution in [1.82, 2.24) is 5.32 Å². The van der Waals surface area contributed by atoms with E-state index in [9.17, 15) is 14.4 Å². The van der Waals surface area contributed by atoms with E-state index in [0.717, 1.165) is 12.8 Å². The number of ketones is 1. The first-order valence-electron chi connectivity index (χ1n) is 7.48. The second kappa shape index (κ2) is 5.79. The highest BCUT2D eigenvalue weighted by atomic mass is 16.5. The molecule has 1 heterocycles. The fraction of sp³-hybridized carbons (Fsp3) is 0.438. The first kappa shape index (κ1) is 14.6. The van der Waals surface area contributed by atoms with Gasteiger partial charge in [-0.25, -0.2) is 0 Å². The molecule has 6 heteroatoms. The van der Waals surface area contributed by atoms with Crippen LogP contribution in [0.2, 0.25) is 0 Å². The lowest BCUT2D eigenvalue weighted by atomic mass is 10.1. The van der Waals surface area contributed by atoms with Crippen molar-refractivity contribution < 1.29 is 19.1 Å². The topological polar surface area (TPSA) is 75.7 Å². The lowest BCUT2D eigenvalue weighted by Crippen LogP contribution is -2.45. The van der Waals surface area contributed by atoms with Gasteiger partial charge < -0.3 is 10.1 Å². The number of amides is 2. The molecule has 3 rings (SSSR count). The highest BCUT2D eigenvalue weighted by molar-refractivity contribution is 6.04. The molecular weight excluding hydrogens is 284 g/mol. The Kier molecular flexibility index (Phi) is 3.83. The zero-order valence-corrected chi connectivity index (χ0v) is 12.4. The Labute approximate surface area is 128 Å². The van der Waals surface area contributed by atoms with Crippen LogP contribution in [0, 0.1) is 0 Å². The second-order valence-electron chi connectivity index (χ2n) is 5.57. The maximum Gasteiger partial charge on any atom is 0.265 e. The third kappa shape index (κ3) is 2.95. The lowest BCUT2D eigenvalue weighted by Gasteiger charge is -2.29. The molecule has 1 saturated carbocycles. The molecule has 1 aliphatic carbocycles. The molecule has 0 radical (unpaired) electrons. The highest BCUT2D eigenvalue weighted by Gasteiger charge is 2.30. The van der Waals surface area contributed by atoms with Crippen LogP contribution in [0.3, 0.4) is 0 Å². The minimum absolute atomic E-state index is 0.0109. The number of hydrogen-bond donors (Lipinski definition) is 1. The minimum Gasteiger partial charge on any atom is -0.482 e. The van der Waals surface area contributed by atoms with Crippen LogP contribution >= 0.6 is 0 Å². The van der Waals surface area contributed by atoms with E-state index in [1.807, 2.05) is 0 Å². The standard InChI is InChI=1S/C16H18N2O4/c1-2-13(19)10-3-6-14-12(7-10)18(16(21)9-22-14)8-15(20)17-11-4-5-11/h3,6-7,11H,2,4-5,8-9H2,1H3,(H,17,20). The number of anilines is 1. The zero-order chi connectivity index (χ0) is 15.7. The number of benzene rings is 1. The fourth-order valence-corrected chi connectivity index (χ4v) is 2.40. The van der Waals surface area contributed by atoms with E-state index in [0.29, 0.717) is 23.4 Å². The summed E-state index contributed by atoms with van der Waals surface area (Å²) in [7, 11) is 0. The maximum atomic E-state index is 12.1. The Balaban J connectivity index is 1.85. The van der Waals surface area contributed by atoms with Gasteiger partial charge in [0.25, 0.3) is 5.91 Å². The van der Waals surface area contributed by atoms with Crippen molar-refractivity contribution >= 4 is 23.3 Å². The summed E-state index contributed by atoms with van der Waals surface area (Å²) in [6.07, 6.45) is 2.37. The van der Waals surface area contributed by atoms with E-state index in [4.69, 9.17) is 4.74 Å². The van der Waals surface area contributed by atoms with Gasteiger partial charge in [-0.15, -0.1) is 0 Å². The largest absolute Gasteiger partial charge is 0.482 e. The second-order valence-corrected chi connectivity index (χ2v) is 5.57. The first-order valence-corrected chi connectivity index (χ1v) is 7.48. The van der Waals surface area contributed by atoms with Crippen LogP contribution in [0.4, 0.5) is 5.69 Å². The molecule has 0 atom stereocenters. The number of nitrogens with one attached hydrogen (secondary N) is 1. The van der Waals surface area contributed by atoms with Gasteiger partial charge in [-0.3, -0.25) is 19.3 Å². The number of carbonyl (C=O) groups excluding carboxylic acids is 3. The highest BCUT2D eigenvalue weighted by Crippen LogP contribution is 2.33. The summed E-state index contributed by atoms with van der Waals surface area (Å²) in [5, 5.41) is 2.86. The molecule has 6 nitrogen and oxygen atoms in total. The summed E-state index contributed by atoms with van der Waals surface area (Å²) < 4.78 is 5.38. The minimum atomic E-state index is -0.278. The van der Waals surface area contributed by atoms with Crippen LogP contribution in [0.5, 0.6) is 5.75 Å². The van der Waals surface area contributed by atoms with Crippen LogP contribution in [0.1, 0.15) is 36.5 Å². The van der Waals surface area contributed by atoms with Gasteiger partial charge in [0.15, 0.2) is 12.4 Å². The molecule has 2 aliphatic rings. The van der Waals surface area contributed by atoms with Gasteiger partial charge in [-0.2, -0.15) is 0 Å². The summed E-state index contributed by atoms with van der Waals surface area (Å²) in [5.74, 6) is 0.0464. The van der Waals surface area contributed by atoms with Gasteiger partial charge >= 0.3 is 0 Å². The van der Waals surface area contributed by atoms with Gasteiger partial charge in [0.1, 0.15) is 12.3 Å². The third-order valence-corrected chi connectivity index (χ3v) is 3.79. The molecule has 0 bridgehead atoms. The molecule has 1 aliphatic heterocycles. The van der Waals surface area contributed by atoms with Crippen molar-refractivity contribution in [3.8, 4) is 5.75 Å². The molecule has 116 valence electrons. The van der Waals surface area contributed by atoms with Crippen molar-refractivity contribution in [2.24, 2.45) is 0 Å². The van der Waals surface area contributed by atoms with E-state index >= 15 is 0 Å². The molecule has 0 aromatic heterocycles. The average Bonchev–Trinajstić information content (AvgIpc) is 3.32. The SMILES string of the molecule is CCC(=O)c1ccc2c(c1)N(CC(=O)NC1CC1)C(=O)CO2. The maximum absolute atomic E-state index is 12.1. The van der Waals surface area contributed by atoms with Crippen molar-refractivity contribution in [1.29, 1.82) is 0 Å². The van der Waals surface area contributed by atoms with E-state index < -0.39 is 0 Å². The first-order chi connectivity index (χ1) is 10.6. The number of fused-ring (bicyclic) bond motifs is 1. The van der Waals surface area contributed by atoms with Crippen LogP contribution in [-0.2, 0) is 9.59 Å². The Morgan fingerprint density at radius 3 is 2.82 bits per heavy atom. The predicted octanol–water partition coefficient (Wildman–Crippen LogP) is 1.28. The summed E-state index contributed by atoms with van der Waals surface area (Å²) in [6.45, 7) is 1.64. The number of hydrogen-bond acceptors (Lipinski definition) is 4. The molecule has 1 aromatic carbocycles. The molecule has 1 fully saturated rings. The number of Topliss-reactive ketones (excluding diaryl/α,β-unsaturated/α-hetero) is 1. The smallest absolute Gasteiger partial charge is 0.265 e. The Bertz CT molecular complexity index is 637. The van der Waals surface area contributed by atoms with Gasteiger partial charge in [0.05, 0.1) is 5.69 Å². The van der Waals surface area contributed by atoms with Crippen LogP contribution in [0.25, 0.3) is 0 Å². The van der Waals surface area contributed by atoms with Crippen LogP contribution < -0.4 is 15.0 Å². The average molecular weight is 302 g/mol. The van der Waals surface area contributed by atoms with E-state index in [-0.39, 0.29) is 36.8 Å². The van der Waals surface area contributed by atoms with Crippen molar-refractivity contribution in [2.75, 3.05) is 18.1 Å². The quantitative estimate of drug-likeness (QED) is 0.831. The van der Waals surface area contributed by atoms with Crippen LogP contribution in [-0.4, -0.2) is 36.8 Å². The molecule has 1 N–H and O–H groups in total. The number of nitrogens with zero attached hydrogens (tertiary/aromatic N) is 1. The Morgan fingerprint density at radius 1 is 1.36 bits per heavy atom. The Morgan fingerprint density at radius 2 is 2.14 bits per heavy atom. The molecule has 0 saturated heterocycles. The van der Waals surface area contributed by atoms with Gasteiger partial charge in [-0.1, -0.05) is 6.92 Å². The zero-order valence-electron chi connectivity index (χ0n) is 12.4. The van der Waals surface area contributed by atoms with Crippen LogP contribution in [0.15, 0.2) is 18.2 Å². The van der Waals surface area contributed by atoms with Crippen molar-refractivity contribution in [2.45, 2.75) is 32.2 Å². The summed E-state index contributed by atoms with van der Waals surface area (Å²) in [5.41, 5.74) is 1.01. The van der Waals surface area contributed by atoms with Gasteiger partial charge in [-0.05, 0) is 31.0 Å². The number of ether oxygens (including phenoxy) is 1. The third-order valence-electron chi connectivity index (χ3n) is 3.79. The molecule has 22 heavy (non-hydrogen) atoms. The van der Waals surface area contributed by atoms with E-state index in [2.05, 4.69) is 5.32 Å². The summed E-state index contributed by atoms with van der Waals surface area (Å²) in [4.78, 5) is 37.3. The number of carbonyl (C=O) groups is 3. The van der Waals surface area contributed by atoms with Crippen molar-refractivity contribution in [3.05, 3.63) is 23.8 Å². The molecular formula is C16H18N2O4. The molecule has 0 unspecified atom stereocenters.